The first-order valence-electron chi connectivity index (χ1n) is 9.80. The van der Waals surface area contributed by atoms with Gasteiger partial charge in [-0.15, -0.1) is 0 Å². The van der Waals surface area contributed by atoms with Crippen LogP contribution in [0.2, 0.25) is 0 Å². The van der Waals surface area contributed by atoms with Crippen molar-refractivity contribution in [3.8, 4) is 28.1 Å². The standard InChI is InChI=1S/C25H25NO2.CH4O/c1-6-7-22-17(3)23(18(4)27)25(28-5)24(26-22)21-14-12-20(13-15-21)19-10-8-16(2)9-11-19;1-2/h6-15H,1-5H3;2H,1H3/b7-6-;. The highest BCUT2D eigenvalue weighted by Crippen LogP contribution is 2.36. The third-order valence-electron chi connectivity index (χ3n) is 4.86. The third-order valence-corrected chi connectivity index (χ3v) is 4.86. The van der Waals surface area contributed by atoms with Crippen LogP contribution < -0.4 is 4.74 Å². The first-order valence-corrected chi connectivity index (χ1v) is 9.80. The normalized spacial score (nSPS) is 10.5. The van der Waals surface area contributed by atoms with Gasteiger partial charge in [0, 0.05) is 12.7 Å². The first kappa shape index (κ1) is 23.0. The van der Waals surface area contributed by atoms with E-state index >= 15 is 0 Å². The largest absolute Gasteiger partial charge is 0.494 e. The Morgan fingerprint density at radius 1 is 0.933 bits per heavy atom. The number of hydrogen-bond acceptors (Lipinski definition) is 4. The fourth-order valence-corrected chi connectivity index (χ4v) is 3.38. The Kier molecular flexibility index (Phi) is 8.07. The number of carbonyl (C=O) groups excluding carboxylic acids is 1. The molecule has 0 fully saturated rings. The number of aliphatic hydroxyl groups is 1. The van der Waals surface area contributed by atoms with E-state index < -0.39 is 0 Å². The van der Waals surface area contributed by atoms with Crippen molar-refractivity contribution in [1.82, 2.24) is 4.98 Å². The lowest BCUT2D eigenvalue weighted by Crippen LogP contribution is -2.07. The van der Waals surface area contributed by atoms with Crippen LogP contribution in [0.4, 0.5) is 0 Å². The van der Waals surface area contributed by atoms with Crippen molar-refractivity contribution in [2.24, 2.45) is 0 Å². The molecule has 0 aliphatic rings. The Hall–Kier alpha value is -3.24. The Labute approximate surface area is 178 Å². The molecule has 3 rings (SSSR count). The molecule has 0 saturated heterocycles. The molecule has 4 nitrogen and oxygen atoms in total. The molecule has 1 aromatic heterocycles. The second kappa shape index (κ2) is 10.5. The molecular formula is C26H29NO3. The van der Waals surface area contributed by atoms with E-state index in [0.29, 0.717) is 17.0 Å². The third kappa shape index (κ3) is 4.84. The molecule has 1 heterocycles. The van der Waals surface area contributed by atoms with E-state index in [0.717, 1.165) is 29.5 Å². The number of nitrogens with zero attached hydrogens (tertiary/aromatic N) is 1. The van der Waals surface area contributed by atoms with Crippen molar-refractivity contribution in [2.75, 3.05) is 14.2 Å². The van der Waals surface area contributed by atoms with E-state index in [1.165, 1.54) is 11.1 Å². The van der Waals surface area contributed by atoms with Gasteiger partial charge in [-0.3, -0.25) is 4.79 Å². The van der Waals surface area contributed by atoms with E-state index in [-0.39, 0.29) is 5.78 Å². The van der Waals surface area contributed by atoms with Crippen molar-refractivity contribution >= 4 is 11.9 Å². The molecule has 3 aromatic rings. The number of benzene rings is 2. The summed E-state index contributed by atoms with van der Waals surface area (Å²) >= 11 is 0. The van der Waals surface area contributed by atoms with Crippen molar-refractivity contribution in [3.05, 3.63) is 77.0 Å². The number of methoxy groups -OCH3 is 1. The summed E-state index contributed by atoms with van der Waals surface area (Å²) < 4.78 is 5.63. The maximum absolute atomic E-state index is 12.3. The van der Waals surface area contributed by atoms with Crippen LogP contribution in [-0.2, 0) is 0 Å². The summed E-state index contributed by atoms with van der Waals surface area (Å²) in [6.07, 6.45) is 3.85. The van der Waals surface area contributed by atoms with Gasteiger partial charge in [0.25, 0.3) is 0 Å². The van der Waals surface area contributed by atoms with Crippen molar-refractivity contribution < 1.29 is 14.6 Å². The van der Waals surface area contributed by atoms with Crippen LogP contribution >= 0.6 is 0 Å². The number of allylic oxidation sites excluding steroid dienone is 1. The Balaban J connectivity index is 0.00000155. The van der Waals surface area contributed by atoms with Gasteiger partial charge in [0.15, 0.2) is 11.5 Å². The van der Waals surface area contributed by atoms with Gasteiger partial charge in [-0.2, -0.15) is 0 Å². The van der Waals surface area contributed by atoms with Gasteiger partial charge >= 0.3 is 0 Å². The van der Waals surface area contributed by atoms with E-state index in [9.17, 15) is 4.79 Å². The molecule has 0 saturated carbocycles. The van der Waals surface area contributed by atoms with Gasteiger partial charge in [0.05, 0.1) is 18.4 Å². The number of aryl methyl sites for hydroxylation is 1. The Bertz CT molecular complexity index is 1030. The molecule has 0 radical (unpaired) electrons. The van der Waals surface area contributed by atoms with E-state index in [1.807, 2.05) is 38.1 Å². The van der Waals surface area contributed by atoms with Crippen LogP contribution in [0.25, 0.3) is 28.5 Å². The molecule has 0 aliphatic carbocycles. The van der Waals surface area contributed by atoms with Gasteiger partial charge in [0.1, 0.15) is 5.69 Å². The quantitative estimate of drug-likeness (QED) is 0.540. The minimum absolute atomic E-state index is 0.0278. The average Bonchev–Trinajstić information content (AvgIpc) is 2.76. The molecule has 4 heteroatoms. The molecule has 30 heavy (non-hydrogen) atoms. The minimum atomic E-state index is -0.0278. The van der Waals surface area contributed by atoms with Crippen LogP contribution in [0.5, 0.6) is 5.75 Å². The highest BCUT2D eigenvalue weighted by atomic mass is 16.5. The lowest BCUT2D eigenvalue weighted by Gasteiger charge is -2.16. The number of aromatic nitrogens is 1. The molecule has 2 aromatic carbocycles. The predicted octanol–water partition coefficient (Wildman–Crippen LogP) is 5.89. The lowest BCUT2D eigenvalue weighted by atomic mass is 9.97. The van der Waals surface area contributed by atoms with Crippen LogP contribution in [0.15, 0.2) is 54.6 Å². The first-order chi connectivity index (χ1) is 14.5. The number of carbonyl (C=O) groups is 1. The summed E-state index contributed by atoms with van der Waals surface area (Å²) in [4.78, 5) is 17.1. The molecule has 0 bridgehead atoms. The molecule has 0 atom stereocenters. The van der Waals surface area contributed by atoms with Crippen LogP contribution in [0.3, 0.4) is 0 Å². The van der Waals surface area contributed by atoms with Crippen LogP contribution in [0.1, 0.15) is 41.0 Å². The van der Waals surface area contributed by atoms with Gasteiger partial charge in [-0.05, 0) is 50.5 Å². The number of ketones is 1. The molecule has 0 amide bonds. The zero-order valence-electron chi connectivity index (χ0n) is 18.5. The van der Waals surface area contributed by atoms with Gasteiger partial charge in [-0.25, -0.2) is 4.98 Å². The summed E-state index contributed by atoms with van der Waals surface area (Å²) in [5, 5.41) is 7.00. The van der Waals surface area contributed by atoms with Gasteiger partial charge in [0.2, 0.25) is 0 Å². The highest BCUT2D eigenvalue weighted by Gasteiger charge is 2.21. The minimum Gasteiger partial charge on any atom is -0.494 e. The summed E-state index contributed by atoms with van der Waals surface area (Å²) in [5.41, 5.74) is 7.34. The van der Waals surface area contributed by atoms with Crippen molar-refractivity contribution in [3.63, 3.8) is 0 Å². The predicted molar refractivity (Wildman–Crippen MR) is 124 cm³/mol. The smallest absolute Gasteiger partial charge is 0.163 e. The molecule has 1 N–H and O–H groups in total. The van der Waals surface area contributed by atoms with E-state index in [4.69, 9.17) is 14.8 Å². The maximum Gasteiger partial charge on any atom is 0.163 e. The molecule has 156 valence electrons. The van der Waals surface area contributed by atoms with Gasteiger partial charge < -0.3 is 9.84 Å². The SMILES string of the molecule is C/C=C\c1nc(-c2ccc(-c3ccc(C)cc3)cc2)c(OC)c(C(C)=O)c1C.CO. The zero-order chi connectivity index (χ0) is 22.3. The number of pyridine rings is 1. The fourth-order valence-electron chi connectivity index (χ4n) is 3.38. The topological polar surface area (TPSA) is 59.4 Å². The average molecular weight is 404 g/mol. The molecular weight excluding hydrogens is 374 g/mol. The second-order valence-corrected chi connectivity index (χ2v) is 6.88. The number of hydrogen-bond donors (Lipinski definition) is 1. The lowest BCUT2D eigenvalue weighted by molar-refractivity contribution is 0.101. The number of rotatable bonds is 5. The summed E-state index contributed by atoms with van der Waals surface area (Å²) in [5.74, 6) is 0.501. The molecule has 0 unspecified atom stereocenters. The number of aliphatic hydroxyl groups excluding tert-OH is 1. The fraction of sp³-hybridized carbons (Fsp3) is 0.231. The summed E-state index contributed by atoms with van der Waals surface area (Å²) in [6, 6.07) is 16.7. The highest BCUT2D eigenvalue weighted by molar-refractivity contribution is 6.01. The number of Topliss-reactive ketones (excluding diaryl/α,β-unsaturated/α-hetero) is 1. The van der Waals surface area contributed by atoms with Crippen molar-refractivity contribution in [2.45, 2.75) is 27.7 Å². The molecule has 0 aliphatic heterocycles. The monoisotopic (exact) mass is 403 g/mol. The second-order valence-electron chi connectivity index (χ2n) is 6.88. The zero-order valence-corrected chi connectivity index (χ0v) is 18.5. The van der Waals surface area contributed by atoms with Crippen molar-refractivity contribution in [1.29, 1.82) is 0 Å². The Morgan fingerprint density at radius 2 is 1.43 bits per heavy atom. The van der Waals surface area contributed by atoms with E-state index in [1.54, 1.807) is 14.0 Å². The van der Waals surface area contributed by atoms with E-state index in [2.05, 4.69) is 43.3 Å². The van der Waals surface area contributed by atoms with Crippen LogP contribution in [-0.4, -0.2) is 30.1 Å². The Morgan fingerprint density at radius 3 is 1.90 bits per heavy atom. The van der Waals surface area contributed by atoms with Crippen LogP contribution in [0, 0.1) is 13.8 Å². The molecule has 0 spiro atoms. The summed E-state index contributed by atoms with van der Waals surface area (Å²) in [7, 11) is 2.59. The van der Waals surface area contributed by atoms with Gasteiger partial charge in [-0.1, -0.05) is 60.2 Å². The summed E-state index contributed by atoms with van der Waals surface area (Å²) in [6.45, 7) is 7.49. The maximum atomic E-state index is 12.3. The number of ether oxygens (including phenoxy) is 1.